The molecule has 2 rings (SSSR count). The zero-order valence-corrected chi connectivity index (χ0v) is 12.3. The highest BCUT2D eigenvalue weighted by Crippen LogP contribution is 2.32. The summed E-state index contributed by atoms with van der Waals surface area (Å²) in [7, 11) is 0. The molecule has 0 aliphatic rings. The molecule has 0 fully saturated rings. The van der Waals surface area contributed by atoms with Crippen molar-refractivity contribution in [2.75, 3.05) is 5.32 Å². The fourth-order valence-electron chi connectivity index (χ4n) is 2.25. The van der Waals surface area contributed by atoms with E-state index in [2.05, 4.69) is 5.32 Å². The number of hydrogen-bond donors (Lipinski definition) is 2. The van der Waals surface area contributed by atoms with E-state index in [1.165, 1.54) is 6.07 Å². The number of nitro groups is 1. The van der Waals surface area contributed by atoms with Gasteiger partial charge < -0.3 is 10.4 Å². The van der Waals surface area contributed by atoms with Gasteiger partial charge in [-0.2, -0.15) is 0 Å². The Morgan fingerprint density at radius 2 is 1.76 bits per heavy atom. The molecule has 0 spiro atoms. The van der Waals surface area contributed by atoms with E-state index in [4.69, 9.17) is 0 Å². The minimum absolute atomic E-state index is 0.0356. The van der Waals surface area contributed by atoms with Gasteiger partial charge in [-0.1, -0.05) is 18.2 Å². The second kappa shape index (κ2) is 5.83. The molecule has 0 radical (unpaired) electrons. The van der Waals surface area contributed by atoms with E-state index in [1.807, 2.05) is 39.0 Å². The molecular formula is C16H18N2O3. The molecule has 0 saturated carbocycles. The largest absolute Gasteiger partial charge is 0.508 e. The molecule has 2 aromatic rings. The Labute approximate surface area is 123 Å². The molecule has 0 saturated heterocycles. The number of anilines is 1. The number of nitrogens with zero attached hydrogens (tertiary/aromatic N) is 1. The van der Waals surface area contributed by atoms with Crippen LogP contribution in [0.2, 0.25) is 0 Å². The van der Waals surface area contributed by atoms with Crippen molar-refractivity contribution in [1.82, 2.24) is 0 Å². The lowest BCUT2D eigenvalue weighted by Gasteiger charge is -2.17. The van der Waals surface area contributed by atoms with E-state index in [0.29, 0.717) is 11.3 Å². The van der Waals surface area contributed by atoms with Gasteiger partial charge in [0.1, 0.15) is 11.4 Å². The molecule has 110 valence electrons. The lowest BCUT2D eigenvalue weighted by atomic mass is 10.0. The van der Waals surface area contributed by atoms with Gasteiger partial charge in [-0.05, 0) is 44.0 Å². The summed E-state index contributed by atoms with van der Waals surface area (Å²) < 4.78 is 0. The van der Waals surface area contributed by atoms with Crippen molar-refractivity contribution < 1.29 is 10.0 Å². The quantitative estimate of drug-likeness (QED) is 0.655. The second-order valence-corrected chi connectivity index (χ2v) is 5.21. The predicted molar refractivity (Wildman–Crippen MR) is 82.7 cm³/mol. The number of benzene rings is 2. The van der Waals surface area contributed by atoms with E-state index >= 15 is 0 Å². The first-order chi connectivity index (χ1) is 9.88. The Morgan fingerprint density at radius 3 is 2.38 bits per heavy atom. The second-order valence-electron chi connectivity index (χ2n) is 5.21. The Hall–Kier alpha value is -2.56. The molecule has 0 aromatic heterocycles. The number of hydrogen-bond acceptors (Lipinski definition) is 4. The third-order valence-corrected chi connectivity index (χ3v) is 3.37. The minimum Gasteiger partial charge on any atom is -0.508 e. The summed E-state index contributed by atoms with van der Waals surface area (Å²) in [6, 6.07) is 10.2. The van der Waals surface area contributed by atoms with Crippen LogP contribution in [-0.2, 0) is 0 Å². The first-order valence-electron chi connectivity index (χ1n) is 6.69. The Kier molecular flexibility index (Phi) is 4.12. The van der Waals surface area contributed by atoms with Crippen LogP contribution < -0.4 is 5.32 Å². The van der Waals surface area contributed by atoms with Crippen molar-refractivity contribution in [3.8, 4) is 5.75 Å². The average Bonchev–Trinajstić information content (AvgIpc) is 2.40. The zero-order valence-electron chi connectivity index (χ0n) is 12.3. The van der Waals surface area contributed by atoms with Crippen LogP contribution >= 0.6 is 0 Å². The monoisotopic (exact) mass is 286 g/mol. The molecule has 0 heterocycles. The average molecular weight is 286 g/mol. The van der Waals surface area contributed by atoms with Crippen molar-refractivity contribution in [2.24, 2.45) is 0 Å². The van der Waals surface area contributed by atoms with Crippen molar-refractivity contribution in [2.45, 2.75) is 26.8 Å². The molecular weight excluding hydrogens is 268 g/mol. The normalized spacial score (nSPS) is 12.0. The predicted octanol–water partition coefficient (Wildman–Crippen LogP) is 4.09. The highest BCUT2D eigenvalue weighted by Gasteiger charge is 2.17. The third-order valence-electron chi connectivity index (χ3n) is 3.37. The summed E-state index contributed by atoms with van der Waals surface area (Å²) in [4.78, 5) is 10.7. The summed E-state index contributed by atoms with van der Waals surface area (Å²) >= 11 is 0. The fraction of sp³-hybridized carbons (Fsp3) is 0.250. The SMILES string of the molecule is Cc1ccc(C(C)Nc2ccc(C)cc2[N+](=O)[O-])c(O)c1. The standard InChI is InChI=1S/C16H18N2O3/c1-10-5-7-14(15(8-10)18(20)21)17-12(3)13-6-4-11(2)9-16(13)19/h4-9,12,17,19H,1-3H3. The van der Waals surface area contributed by atoms with Crippen LogP contribution in [0, 0.1) is 24.0 Å². The maximum absolute atomic E-state index is 11.1. The molecule has 21 heavy (non-hydrogen) atoms. The molecule has 1 atom stereocenters. The van der Waals surface area contributed by atoms with Gasteiger partial charge in [0.2, 0.25) is 0 Å². The van der Waals surface area contributed by atoms with Crippen molar-refractivity contribution in [1.29, 1.82) is 0 Å². The molecule has 5 heteroatoms. The number of nitrogens with one attached hydrogen (secondary N) is 1. The Bertz CT molecular complexity index is 683. The maximum atomic E-state index is 11.1. The lowest BCUT2D eigenvalue weighted by molar-refractivity contribution is -0.384. The number of phenols is 1. The van der Waals surface area contributed by atoms with E-state index in [0.717, 1.165) is 11.1 Å². The molecule has 1 unspecified atom stereocenters. The number of aryl methyl sites for hydroxylation is 2. The number of phenolic OH excluding ortho intramolecular Hbond substituents is 1. The Morgan fingerprint density at radius 1 is 1.14 bits per heavy atom. The smallest absolute Gasteiger partial charge is 0.292 e. The van der Waals surface area contributed by atoms with Crippen molar-refractivity contribution >= 4 is 11.4 Å². The van der Waals surface area contributed by atoms with Crippen LogP contribution in [-0.4, -0.2) is 10.0 Å². The first kappa shape index (κ1) is 14.8. The Balaban J connectivity index is 2.31. The van der Waals surface area contributed by atoms with Crippen LogP contribution in [0.5, 0.6) is 5.75 Å². The zero-order chi connectivity index (χ0) is 15.6. The fourth-order valence-corrected chi connectivity index (χ4v) is 2.25. The van der Waals surface area contributed by atoms with E-state index in [-0.39, 0.29) is 17.5 Å². The van der Waals surface area contributed by atoms with Gasteiger partial charge in [0.05, 0.1) is 11.0 Å². The van der Waals surface area contributed by atoms with Gasteiger partial charge >= 0.3 is 0 Å². The number of rotatable bonds is 4. The molecule has 0 aliphatic carbocycles. The summed E-state index contributed by atoms with van der Waals surface area (Å²) in [5.41, 5.74) is 2.98. The van der Waals surface area contributed by atoms with Crippen LogP contribution in [0.1, 0.15) is 29.7 Å². The van der Waals surface area contributed by atoms with Gasteiger partial charge in [0.15, 0.2) is 0 Å². The molecule has 2 N–H and O–H groups in total. The van der Waals surface area contributed by atoms with Gasteiger partial charge in [-0.25, -0.2) is 0 Å². The van der Waals surface area contributed by atoms with Crippen molar-refractivity contribution in [3.05, 3.63) is 63.2 Å². The highest BCUT2D eigenvalue weighted by molar-refractivity contribution is 5.63. The van der Waals surface area contributed by atoms with Gasteiger partial charge in [0, 0.05) is 11.6 Å². The van der Waals surface area contributed by atoms with Gasteiger partial charge in [-0.3, -0.25) is 10.1 Å². The molecule has 0 aliphatic heterocycles. The van der Waals surface area contributed by atoms with E-state index < -0.39 is 4.92 Å². The van der Waals surface area contributed by atoms with Crippen molar-refractivity contribution in [3.63, 3.8) is 0 Å². The van der Waals surface area contributed by atoms with Crippen LogP contribution in [0.15, 0.2) is 36.4 Å². The highest BCUT2D eigenvalue weighted by atomic mass is 16.6. The topological polar surface area (TPSA) is 75.4 Å². The molecule has 0 bridgehead atoms. The summed E-state index contributed by atoms with van der Waals surface area (Å²) in [6.07, 6.45) is 0. The molecule has 0 amide bonds. The van der Waals surface area contributed by atoms with E-state index in [9.17, 15) is 15.2 Å². The van der Waals surface area contributed by atoms with Gasteiger partial charge in [0.25, 0.3) is 5.69 Å². The first-order valence-corrected chi connectivity index (χ1v) is 6.69. The van der Waals surface area contributed by atoms with E-state index in [1.54, 1.807) is 12.1 Å². The van der Waals surface area contributed by atoms with Gasteiger partial charge in [-0.15, -0.1) is 0 Å². The number of nitro benzene ring substituents is 1. The lowest BCUT2D eigenvalue weighted by Crippen LogP contribution is -2.08. The van der Waals surface area contributed by atoms with Crippen LogP contribution in [0.25, 0.3) is 0 Å². The van der Waals surface area contributed by atoms with Crippen LogP contribution in [0.4, 0.5) is 11.4 Å². The molecule has 5 nitrogen and oxygen atoms in total. The summed E-state index contributed by atoms with van der Waals surface area (Å²) in [6.45, 7) is 5.56. The minimum atomic E-state index is -0.406. The summed E-state index contributed by atoms with van der Waals surface area (Å²) in [5.74, 6) is 0.185. The molecule has 2 aromatic carbocycles. The maximum Gasteiger partial charge on any atom is 0.292 e. The number of aromatic hydroxyl groups is 1. The third kappa shape index (κ3) is 3.31. The summed E-state index contributed by atoms with van der Waals surface area (Å²) in [5, 5.41) is 24.2. The van der Waals surface area contributed by atoms with Crippen LogP contribution in [0.3, 0.4) is 0 Å².